The summed E-state index contributed by atoms with van der Waals surface area (Å²) in [6, 6.07) is 9.57. The summed E-state index contributed by atoms with van der Waals surface area (Å²) in [4.78, 5) is 19.7. The highest BCUT2D eigenvalue weighted by Gasteiger charge is 2.31. The zero-order chi connectivity index (χ0) is 19.4. The number of piperazine rings is 1. The lowest BCUT2D eigenvalue weighted by molar-refractivity contribution is -0.138. The zero-order valence-electron chi connectivity index (χ0n) is 14.2. The van der Waals surface area contributed by atoms with Crippen LogP contribution in [0.2, 0.25) is 0 Å². The Kier molecular flexibility index (Phi) is 5.88. The van der Waals surface area contributed by atoms with E-state index in [-0.39, 0.29) is 12.5 Å². The molecule has 144 valence electrons. The Hall–Kier alpha value is -2.29. The highest BCUT2D eigenvalue weighted by molar-refractivity contribution is 9.10. The summed E-state index contributed by atoms with van der Waals surface area (Å²) in [6.45, 7) is 1.88. The van der Waals surface area contributed by atoms with Crippen LogP contribution in [0, 0.1) is 0 Å². The van der Waals surface area contributed by atoms with E-state index in [1.54, 1.807) is 17.0 Å². The molecule has 5 nitrogen and oxygen atoms in total. The minimum absolute atomic E-state index is 0.0554. The highest BCUT2D eigenvalue weighted by atomic mass is 79.9. The molecule has 0 saturated carbocycles. The largest absolute Gasteiger partial charge is 0.484 e. The molecular weight excluding hydrogens is 427 g/mol. The SMILES string of the molecule is O=C(COc1ccc(Br)cc1)N1CCN(c2ccc(C(F)(F)F)cn2)CC1. The van der Waals surface area contributed by atoms with Gasteiger partial charge in [0.2, 0.25) is 0 Å². The number of nitrogens with zero attached hydrogens (tertiary/aromatic N) is 3. The van der Waals surface area contributed by atoms with Crippen molar-refractivity contribution < 1.29 is 22.7 Å². The van der Waals surface area contributed by atoms with Crippen molar-refractivity contribution in [2.45, 2.75) is 6.18 Å². The Morgan fingerprint density at radius 2 is 1.74 bits per heavy atom. The van der Waals surface area contributed by atoms with Crippen LogP contribution in [0.15, 0.2) is 47.1 Å². The molecule has 1 fully saturated rings. The number of amides is 1. The van der Waals surface area contributed by atoms with Crippen LogP contribution in [-0.2, 0) is 11.0 Å². The van der Waals surface area contributed by atoms with Gasteiger partial charge in [0.05, 0.1) is 5.56 Å². The zero-order valence-corrected chi connectivity index (χ0v) is 15.8. The monoisotopic (exact) mass is 443 g/mol. The second-order valence-corrected chi connectivity index (χ2v) is 6.93. The van der Waals surface area contributed by atoms with Gasteiger partial charge >= 0.3 is 6.18 Å². The van der Waals surface area contributed by atoms with Crippen LogP contribution in [0.1, 0.15) is 5.56 Å². The van der Waals surface area contributed by atoms with E-state index in [0.717, 1.165) is 16.7 Å². The third kappa shape index (κ3) is 5.12. The maximum absolute atomic E-state index is 12.6. The van der Waals surface area contributed by atoms with E-state index in [9.17, 15) is 18.0 Å². The lowest BCUT2D eigenvalue weighted by atomic mass is 10.2. The van der Waals surface area contributed by atoms with Crippen LogP contribution in [0.4, 0.5) is 19.0 Å². The molecule has 2 heterocycles. The Labute approximate surface area is 162 Å². The maximum Gasteiger partial charge on any atom is 0.417 e. The number of carbonyl (C=O) groups excluding carboxylic acids is 1. The van der Waals surface area contributed by atoms with Gasteiger partial charge in [-0.05, 0) is 36.4 Å². The standard InChI is InChI=1S/C18H17BrF3N3O2/c19-14-2-4-15(5-3-14)27-12-17(26)25-9-7-24(8-10-25)16-6-1-13(11-23-16)18(20,21)22/h1-6,11H,7-10,12H2. The topological polar surface area (TPSA) is 45.7 Å². The molecule has 0 unspecified atom stereocenters. The van der Waals surface area contributed by atoms with Gasteiger partial charge in [-0.1, -0.05) is 15.9 Å². The van der Waals surface area contributed by atoms with E-state index in [0.29, 0.717) is 37.7 Å². The van der Waals surface area contributed by atoms with Crippen LogP contribution in [0.3, 0.4) is 0 Å². The molecule has 1 aromatic heterocycles. The van der Waals surface area contributed by atoms with Gasteiger partial charge in [0.1, 0.15) is 11.6 Å². The first-order valence-corrected chi connectivity index (χ1v) is 9.06. The predicted octanol–water partition coefficient (Wildman–Crippen LogP) is 3.59. The third-order valence-corrected chi connectivity index (χ3v) is 4.74. The predicted molar refractivity (Wildman–Crippen MR) is 97.7 cm³/mol. The lowest BCUT2D eigenvalue weighted by Gasteiger charge is -2.35. The molecule has 1 aliphatic heterocycles. The van der Waals surface area contributed by atoms with Gasteiger partial charge in [-0.3, -0.25) is 4.79 Å². The molecule has 27 heavy (non-hydrogen) atoms. The number of ether oxygens (including phenoxy) is 1. The van der Waals surface area contributed by atoms with Crippen LogP contribution >= 0.6 is 15.9 Å². The van der Waals surface area contributed by atoms with E-state index < -0.39 is 11.7 Å². The molecule has 1 aliphatic rings. The van der Waals surface area contributed by atoms with Crippen LogP contribution < -0.4 is 9.64 Å². The molecule has 1 saturated heterocycles. The van der Waals surface area contributed by atoms with E-state index in [1.165, 1.54) is 6.07 Å². The Morgan fingerprint density at radius 1 is 1.07 bits per heavy atom. The second kappa shape index (κ2) is 8.16. The highest BCUT2D eigenvalue weighted by Crippen LogP contribution is 2.29. The van der Waals surface area contributed by atoms with E-state index in [4.69, 9.17) is 4.74 Å². The summed E-state index contributed by atoms with van der Waals surface area (Å²) in [6.07, 6.45) is -3.57. The molecule has 0 atom stereocenters. The van der Waals surface area contributed by atoms with Crippen LogP contribution in [0.5, 0.6) is 5.75 Å². The van der Waals surface area contributed by atoms with Gasteiger partial charge in [0.15, 0.2) is 6.61 Å². The van der Waals surface area contributed by atoms with Crippen molar-refractivity contribution in [3.63, 3.8) is 0 Å². The molecule has 0 aliphatic carbocycles. The lowest BCUT2D eigenvalue weighted by Crippen LogP contribution is -2.50. The molecule has 0 radical (unpaired) electrons. The van der Waals surface area contributed by atoms with E-state index in [2.05, 4.69) is 20.9 Å². The van der Waals surface area contributed by atoms with E-state index >= 15 is 0 Å². The van der Waals surface area contributed by atoms with Gasteiger partial charge < -0.3 is 14.5 Å². The molecule has 9 heteroatoms. The first kappa shape index (κ1) is 19.5. The third-order valence-electron chi connectivity index (χ3n) is 4.21. The quantitative estimate of drug-likeness (QED) is 0.724. The molecule has 2 aromatic rings. The minimum atomic E-state index is -4.40. The number of hydrogen-bond acceptors (Lipinski definition) is 4. The smallest absolute Gasteiger partial charge is 0.417 e. The fourth-order valence-electron chi connectivity index (χ4n) is 2.69. The molecule has 1 aromatic carbocycles. The van der Waals surface area contributed by atoms with Gasteiger partial charge in [-0.2, -0.15) is 13.2 Å². The van der Waals surface area contributed by atoms with Crippen molar-refractivity contribution in [1.29, 1.82) is 0 Å². The molecule has 1 amide bonds. The molecule has 3 rings (SSSR count). The van der Waals surface area contributed by atoms with Crippen molar-refractivity contribution in [3.05, 3.63) is 52.6 Å². The summed E-state index contributed by atoms with van der Waals surface area (Å²) >= 11 is 3.33. The number of hydrogen-bond donors (Lipinski definition) is 0. The maximum atomic E-state index is 12.6. The summed E-state index contributed by atoms with van der Waals surface area (Å²) in [5.74, 6) is 0.957. The molecule has 0 spiro atoms. The van der Waals surface area contributed by atoms with Gasteiger partial charge in [0.25, 0.3) is 5.91 Å². The first-order chi connectivity index (χ1) is 12.8. The Balaban J connectivity index is 1.49. The van der Waals surface area contributed by atoms with Gasteiger partial charge in [-0.15, -0.1) is 0 Å². The number of aromatic nitrogens is 1. The number of benzene rings is 1. The summed E-state index contributed by atoms with van der Waals surface area (Å²) in [5.41, 5.74) is -0.773. The average molecular weight is 444 g/mol. The Morgan fingerprint density at radius 3 is 2.30 bits per heavy atom. The van der Waals surface area contributed by atoms with Crippen molar-refractivity contribution in [2.75, 3.05) is 37.7 Å². The molecule has 0 N–H and O–H groups in total. The van der Waals surface area contributed by atoms with Gasteiger partial charge in [0, 0.05) is 36.8 Å². The first-order valence-electron chi connectivity index (χ1n) is 8.27. The molecule has 0 bridgehead atoms. The second-order valence-electron chi connectivity index (χ2n) is 6.01. The van der Waals surface area contributed by atoms with Crippen molar-refractivity contribution in [2.24, 2.45) is 0 Å². The number of pyridine rings is 1. The number of alkyl halides is 3. The molecular formula is C18H17BrF3N3O2. The van der Waals surface area contributed by atoms with Crippen LogP contribution in [-0.4, -0.2) is 48.6 Å². The Bertz CT molecular complexity index is 774. The van der Waals surface area contributed by atoms with E-state index in [1.807, 2.05) is 17.0 Å². The van der Waals surface area contributed by atoms with Gasteiger partial charge in [-0.25, -0.2) is 4.98 Å². The number of anilines is 1. The number of carbonyl (C=O) groups is 1. The normalized spacial score (nSPS) is 15.0. The van der Waals surface area contributed by atoms with Crippen LogP contribution in [0.25, 0.3) is 0 Å². The van der Waals surface area contributed by atoms with Crippen molar-refractivity contribution in [1.82, 2.24) is 9.88 Å². The fourth-order valence-corrected chi connectivity index (χ4v) is 2.96. The minimum Gasteiger partial charge on any atom is -0.484 e. The summed E-state index contributed by atoms with van der Waals surface area (Å²) < 4.78 is 44.2. The van der Waals surface area contributed by atoms with Crippen molar-refractivity contribution >= 4 is 27.7 Å². The number of rotatable bonds is 4. The fraction of sp³-hybridized carbons (Fsp3) is 0.333. The van der Waals surface area contributed by atoms with Crippen molar-refractivity contribution in [3.8, 4) is 5.75 Å². The summed E-state index contributed by atoms with van der Waals surface area (Å²) in [5, 5.41) is 0. The number of halogens is 4. The average Bonchev–Trinajstić information content (AvgIpc) is 2.67. The summed E-state index contributed by atoms with van der Waals surface area (Å²) in [7, 11) is 0.